The van der Waals surface area contributed by atoms with E-state index in [1.165, 1.54) is 0 Å². The number of fused-ring (bicyclic) bond motifs is 1. The molecule has 2 rings (SSSR count). The van der Waals surface area contributed by atoms with Crippen molar-refractivity contribution >= 4 is 9.84 Å². The van der Waals surface area contributed by atoms with Crippen LogP contribution in [0.5, 0.6) is 17.2 Å². The van der Waals surface area contributed by atoms with E-state index >= 15 is 0 Å². The minimum absolute atomic E-state index is 0.0349. The molecule has 1 heterocycles. The SMILES string of the molecule is CC(C)S(=O)(=O)CCOc1cc2c(cc1CO)OCO2. The van der Waals surface area contributed by atoms with Gasteiger partial charge >= 0.3 is 0 Å². The molecule has 20 heavy (non-hydrogen) atoms. The fourth-order valence-electron chi connectivity index (χ4n) is 1.73. The lowest BCUT2D eigenvalue weighted by Crippen LogP contribution is -2.22. The van der Waals surface area contributed by atoms with Gasteiger partial charge in [-0.05, 0) is 19.9 Å². The zero-order valence-corrected chi connectivity index (χ0v) is 12.3. The zero-order valence-electron chi connectivity index (χ0n) is 11.5. The van der Waals surface area contributed by atoms with E-state index in [-0.39, 0.29) is 25.8 Å². The second-order valence-corrected chi connectivity index (χ2v) is 7.41. The van der Waals surface area contributed by atoms with Crippen molar-refractivity contribution in [2.75, 3.05) is 19.2 Å². The van der Waals surface area contributed by atoms with Gasteiger partial charge in [-0.15, -0.1) is 0 Å². The Morgan fingerprint density at radius 2 is 1.95 bits per heavy atom. The third-order valence-corrected chi connectivity index (χ3v) is 5.24. The van der Waals surface area contributed by atoms with Crippen LogP contribution in [0.25, 0.3) is 0 Å². The highest BCUT2D eigenvalue weighted by molar-refractivity contribution is 7.91. The van der Waals surface area contributed by atoms with Crippen molar-refractivity contribution in [3.05, 3.63) is 17.7 Å². The van der Waals surface area contributed by atoms with Gasteiger partial charge < -0.3 is 19.3 Å². The van der Waals surface area contributed by atoms with Crippen LogP contribution >= 0.6 is 0 Å². The van der Waals surface area contributed by atoms with Gasteiger partial charge in [0.15, 0.2) is 21.3 Å². The number of hydrogen-bond acceptors (Lipinski definition) is 6. The number of hydrogen-bond donors (Lipinski definition) is 1. The van der Waals surface area contributed by atoms with E-state index in [1.807, 2.05) is 0 Å². The predicted molar refractivity (Wildman–Crippen MR) is 72.9 cm³/mol. The summed E-state index contributed by atoms with van der Waals surface area (Å²) in [5, 5.41) is 8.87. The maximum Gasteiger partial charge on any atom is 0.231 e. The number of rotatable bonds is 6. The third kappa shape index (κ3) is 3.16. The van der Waals surface area contributed by atoms with Crippen molar-refractivity contribution in [1.29, 1.82) is 0 Å². The molecule has 0 atom stereocenters. The van der Waals surface area contributed by atoms with Crippen molar-refractivity contribution in [2.24, 2.45) is 0 Å². The quantitative estimate of drug-likeness (QED) is 0.847. The highest BCUT2D eigenvalue weighted by Gasteiger charge is 2.19. The van der Waals surface area contributed by atoms with Crippen LogP contribution in [0.3, 0.4) is 0 Å². The third-order valence-electron chi connectivity index (χ3n) is 3.07. The number of ether oxygens (including phenoxy) is 3. The van der Waals surface area contributed by atoms with Gasteiger partial charge in [0.05, 0.1) is 17.6 Å². The number of sulfone groups is 1. The van der Waals surface area contributed by atoms with Gasteiger partial charge in [-0.25, -0.2) is 8.42 Å². The van der Waals surface area contributed by atoms with Crippen LogP contribution in [-0.2, 0) is 16.4 Å². The molecule has 0 bridgehead atoms. The van der Waals surface area contributed by atoms with Crippen LogP contribution in [0.4, 0.5) is 0 Å². The lowest BCUT2D eigenvalue weighted by Gasteiger charge is -2.12. The summed E-state index contributed by atoms with van der Waals surface area (Å²) >= 11 is 0. The van der Waals surface area contributed by atoms with E-state index in [9.17, 15) is 13.5 Å². The summed E-state index contributed by atoms with van der Waals surface area (Å²) in [5.74, 6) is 1.43. The highest BCUT2D eigenvalue weighted by atomic mass is 32.2. The van der Waals surface area contributed by atoms with Gasteiger partial charge in [-0.1, -0.05) is 0 Å². The lowest BCUT2D eigenvalue weighted by molar-refractivity contribution is 0.173. The molecule has 1 aromatic rings. The summed E-state index contributed by atoms with van der Waals surface area (Å²) in [5.41, 5.74) is 0.538. The summed E-state index contributed by atoms with van der Waals surface area (Å²) in [6, 6.07) is 3.24. The molecular weight excluding hydrogens is 284 g/mol. The normalized spacial score (nSPS) is 13.8. The maximum absolute atomic E-state index is 11.7. The summed E-state index contributed by atoms with van der Waals surface area (Å²) in [7, 11) is -3.14. The molecule has 1 aromatic carbocycles. The standard InChI is InChI=1S/C13H18O6S/c1-9(2)20(15,16)4-3-17-11-6-13-12(18-8-19-13)5-10(11)7-14/h5-6,9,14H,3-4,7-8H2,1-2H3. The Morgan fingerprint density at radius 1 is 1.30 bits per heavy atom. The van der Waals surface area contributed by atoms with Gasteiger partial charge in [-0.3, -0.25) is 0 Å². The number of benzene rings is 1. The highest BCUT2D eigenvalue weighted by Crippen LogP contribution is 2.38. The molecule has 0 saturated carbocycles. The molecule has 7 heteroatoms. The minimum Gasteiger partial charge on any atom is -0.492 e. The fourth-order valence-corrected chi connectivity index (χ4v) is 2.51. The molecule has 112 valence electrons. The number of aliphatic hydroxyl groups is 1. The zero-order chi connectivity index (χ0) is 14.8. The molecule has 0 aromatic heterocycles. The first-order valence-electron chi connectivity index (χ1n) is 6.32. The average molecular weight is 302 g/mol. The molecule has 0 unspecified atom stereocenters. The Morgan fingerprint density at radius 3 is 2.55 bits per heavy atom. The minimum atomic E-state index is -3.14. The van der Waals surface area contributed by atoms with E-state index in [4.69, 9.17) is 14.2 Å². The van der Waals surface area contributed by atoms with E-state index in [0.717, 1.165) is 0 Å². The van der Waals surface area contributed by atoms with Crippen LogP contribution in [0.1, 0.15) is 19.4 Å². The van der Waals surface area contributed by atoms with Gasteiger partial charge in [-0.2, -0.15) is 0 Å². The van der Waals surface area contributed by atoms with Crippen molar-refractivity contribution in [3.63, 3.8) is 0 Å². The Bertz CT molecular complexity index is 579. The monoisotopic (exact) mass is 302 g/mol. The molecule has 0 fully saturated rings. The molecule has 1 aliphatic heterocycles. The second-order valence-electron chi connectivity index (χ2n) is 4.74. The maximum atomic E-state index is 11.7. The van der Waals surface area contributed by atoms with Gasteiger partial charge in [0.2, 0.25) is 6.79 Å². The lowest BCUT2D eigenvalue weighted by atomic mass is 10.2. The largest absolute Gasteiger partial charge is 0.492 e. The van der Waals surface area contributed by atoms with Gasteiger partial charge in [0.25, 0.3) is 0 Å². The fraction of sp³-hybridized carbons (Fsp3) is 0.538. The molecule has 1 N–H and O–H groups in total. The average Bonchev–Trinajstić information content (AvgIpc) is 2.84. The number of aliphatic hydroxyl groups excluding tert-OH is 1. The molecule has 6 nitrogen and oxygen atoms in total. The van der Waals surface area contributed by atoms with Gasteiger partial charge in [0.1, 0.15) is 12.4 Å². The van der Waals surface area contributed by atoms with Crippen molar-refractivity contribution in [2.45, 2.75) is 25.7 Å². The smallest absolute Gasteiger partial charge is 0.231 e. The molecule has 1 aliphatic rings. The Balaban J connectivity index is 2.06. The van der Waals surface area contributed by atoms with E-state index in [2.05, 4.69) is 0 Å². The summed E-state index contributed by atoms with van der Waals surface area (Å²) in [6.07, 6.45) is 0. The predicted octanol–water partition coefficient (Wildman–Crippen LogP) is 1.11. The molecule has 0 radical (unpaired) electrons. The van der Waals surface area contributed by atoms with Crippen LogP contribution in [0.15, 0.2) is 12.1 Å². The summed E-state index contributed by atoms with van der Waals surface area (Å²) in [6.45, 7) is 3.21. The summed E-state index contributed by atoms with van der Waals surface area (Å²) in [4.78, 5) is 0. The first kappa shape index (κ1) is 14.9. The second kappa shape index (κ2) is 5.88. The first-order chi connectivity index (χ1) is 9.44. The van der Waals surface area contributed by atoms with E-state index in [1.54, 1.807) is 26.0 Å². The Hall–Kier alpha value is -1.47. The van der Waals surface area contributed by atoms with Crippen LogP contribution in [0.2, 0.25) is 0 Å². The van der Waals surface area contributed by atoms with Crippen molar-refractivity contribution in [3.8, 4) is 17.2 Å². The van der Waals surface area contributed by atoms with Crippen molar-refractivity contribution in [1.82, 2.24) is 0 Å². The Kier molecular flexibility index (Phi) is 4.39. The van der Waals surface area contributed by atoms with Crippen LogP contribution in [-0.4, -0.2) is 37.9 Å². The van der Waals surface area contributed by atoms with Gasteiger partial charge in [0, 0.05) is 11.6 Å². The molecule has 0 saturated heterocycles. The van der Waals surface area contributed by atoms with Crippen LogP contribution < -0.4 is 14.2 Å². The molecule has 0 spiro atoms. The van der Waals surface area contributed by atoms with Crippen LogP contribution in [0, 0.1) is 0 Å². The van der Waals surface area contributed by atoms with E-state index in [0.29, 0.717) is 22.8 Å². The Labute approximate surface area is 118 Å². The summed E-state index contributed by atoms with van der Waals surface area (Å²) < 4.78 is 39.3. The van der Waals surface area contributed by atoms with E-state index < -0.39 is 15.1 Å². The molecule has 0 amide bonds. The molecular formula is C13H18O6S. The van der Waals surface area contributed by atoms with Crippen molar-refractivity contribution < 1.29 is 27.7 Å². The first-order valence-corrected chi connectivity index (χ1v) is 8.03. The topological polar surface area (TPSA) is 82.1 Å². The molecule has 0 aliphatic carbocycles.